The Labute approximate surface area is 147 Å². The van der Waals surface area contributed by atoms with Gasteiger partial charge in [0.15, 0.2) is 18.1 Å². The summed E-state index contributed by atoms with van der Waals surface area (Å²) in [5, 5.41) is 3.91. The van der Waals surface area contributed by atoms with Crippen molar-refractivity contribution in [2.45, 2.75) is 13.8 Å². The van der Waals surface area contributed by atoms with Crippen molar-refractivity contribution in [3.8, 4) is 17.2 Å². The summed E-state index contributed by atoms with van der Waals surface area (Å²) < 4.78 is 16.3. The number of hydrazone groups is 1. The van der Waals surface area contributed by atoms with Crippen LogP contribution >= 0.6 is 0 Å². The second-order valence-corrected chi connectivity index (χ2v) is 4.96. The first kappa shape index (κ1) is 18.3. The molecule has 2 aromatic carbocycles. The fourth-order valence-electron chi connectivity index (χ4n) is 2.02. The molecule has 0 saturated heterocycles. The summed E-state index contributed by atoms with van der Waals surface area (Å²) >= 11 is 0. The summed E-state index contributed by atoms with van der Waals surface area (Å²) in [4.78, 5) is 11.8. The van der Waals surface area contributed by atoms with Gasteiger partial charge < -0.3 is 14.2 Å². The van der Waals surface area contributed by atoms with Gasteiger partial charge in [0.1, 0.15) is 5.75 Å². The van der Waals surface area contributed by atoms with Crippen LogP contribution in [-0.4, -0.2) is 31.9 Å². The predicted octanol–water partition coefficient (Wildman–Crippen LogP) is 3.01. The molecule has 0 atom stereocenters. The summed E-state index contributed by atoms with van der Waals surface area (Å²) in [6.45, 7) is 4.82. The van der Waals surface area contributed by atoms with Gasteiger partial charge in [-0.1, -0.05) is 12.1 Å². The van der Waals surface area contributed by atoms with Gasteiger partial charge in [-0.25, -0.2) is 5.43 Å². The molecule has 0 heterocycles. The van der Waals surface area contributed by atoms with Crippen molar-refractivity contribution in [1.29, 1.82) is 0 Å². The zero-order valence-electron chi connectivity index (χ0n) is 14.4. The van der Waals surface area contributed by atoms with E-state index in [-0.39, 0.29) is 12.5 Å². The van der Waals surface area contributed by atoms with Crippen LogP contribution in [0.15, 0.2) is 53.6 Å². The smallest absolute Gasteiger partial charge is 0.277 e. The van der Waals surface area contributed by atoms with Crippen molar-refractivity contribution in [2.75, 3.05) is 19.8 Å². The van der Waals surface area contributed by atoms with E-state index in [1.54, 1.807) is 18.3 Å². The van der Waals surface area contributed by atoms with E-state index in [0.29, 0.717) is 24.7 Å². The highest BCUT2D eigenvalue weighted by atomic mass is 16.5. The normalized spacial score (nSPS) is 10.5. The van der Waals surface area contributed by atoms with Crippen LogP contribution in [0, 0.1) is 0 Å². The van der Waals surface area contributed by atoms with E-state index in [2.05, 4.69) is 10.5 Å². The molecule has 0 aromatic heterocycles. The largest absolute Gasteiger partial charge is 0.494 e. The fourth-order valence-corrected chi connectivity index (χ4v) is 2.02. The van der Waals surface area contributed by atoms with Crippen LogP contribution in [0.5, 0.6) is 17.2 Å². The van der Waals surface area contributed by atoms with Gasteiger partial charge in [-0.3, -0.25) is 4.79 Å². The van der Waals surface area contributed by atoms with E-state index in [9.17, 15) is 4.79 Å². The highest BCUT2D eigenvalue weighted by Crippen LogP contribution is 2.26. The molecule has 6 heteroatoms. The highest BCUT2D eigenvalue weighted by molar-refractivity contribution is 5.83. The number of carbonyl (C=O) groups is 1. The molecule has 0 aliphatic carbocycles. The van der Waals surface area contributed by atoms with E-state index in [1.807, 2.05) is 50.2 Å². The van der Waals surface area contributed by atoms with Crippen LogP contribution in [0.4, 0.5) is 0 Å². The first-order valence-electron chi connectivity index (χ1n) is 8.12. The van der Waals surface area contributed by atoms with Gasteiger partial charge in [0.05, 0.1) is 19.4 Å². The number of nitrogens with one attached hydrogen (secondary N) is 1. The molecule has 0 spiro atoms. The van der Waals surface area contributed by atoms with E-state index < -0.39 is 0 Å². The summed E-state index contributed by atoms with van der Waals surface area (Å²) in [5.74, 6) is 1.57. The first-order chi connectivity index (χ1) is 12.2. The third-order valence-corrected chi connectivity index (χ3v) is 3.10. The molecule has 0 radical (unpaired) electrons. The Morgan fingerprint density at radius 3 is 2.24 bits per heavy atom. The molecule has 2 rings (SSSR count). The number of hydrogen-bond donors (Lipinski definition) is 1. The molecule has 1 N–H and O–H groups in total. The van der Waals surface area contributed by atoms with Crippen molar-refractivity contribution in [2.24, 2.45) is 5.10 Å². The van der Waals surface area contributed by atoms with E-state index in [1.165, 1.54) is 0 Å². The molecular formula is C19H22N2O4. The van der Waals surface area contributed by atoms with Crippen LogP contribution in [0.1, 0.15) is 19.4 Å². The van der Waals surface area contributed by atoms with Crippen molar-refractivity contribution < 1.29 is 19.0 Å². The molecule has 0 aliphatic heterocycles. The van der Waals surface area contributed by atoms with Gasteiger partial charge >= 0.3 is 0 Å². The van der Waals surface area contributed by atoms with E-state index >= 15 is 0 Å². The first-order valence-corrected chi connectivity index (χ1v) is 8.12. The van der Waals surface area contributed by atoms with E-state index in [4.69, 9.17) is 14.2 Å². The lowest BCUT2D eigenvalue weighted by molar-refractivity contribution is -0.123. The van der Waals surface area contributed by atoms with Crippen LogP contribution in [0.3, 0.4) is 0 Å². The Balaban J connectivity index is 1.80. The van der Waals surface area contributed by atoms with Gasteiger partial charge in [-0.2, -0.15) is 5.10 Å². The second-order valence-electron chi connectivity index (χ2n) is 4.96. The Kier molecular flexibility index (Phi) is 7.31. The zero-order valence-corrected chi connectivity index (χ0v) is 14.4. The molecule has 0 unspecified atom stereocenters. The SMILES string of the molecule is CCOc1ccc(/C=N\NC(=O)COc2ccccc2OCC)cc1. The number of benzene rings is 2. The Hall–Kier alpha value is -3.02. The summed E-state index contributed by atoms with van der Waals surface area (Å²) in [5.41, 5.74) is 3.28. The quantitative estimate of drug-likeness (QED) is 0.562. The Morgan fingerprint density at radius 2 is 1.60 bits per heavy atom. The molecule has 132 valence electrons. The lowest BCUT2D eigenvalue weighted by Crippen LogP contribution is -2.24. The number of amides is 1. The van der Waals surface area contributed by atoms with Gasteiger partial charge in [0.25, 0.3) is 5.91 Å². The molecule has 0 aliphatic rings. The molecule has 1 amide bonds. The lowest BCUT2D eigenvalue weighted by atomic mass is 10.2. The molecule has 0 saturated carbocycles. The number of ether oxygens (including phenoxy) is 3. The van der Waals surface area contributed by atoms with Crippen molar-refractivity contribution in [1.82, 2.24) is 5.43 Å². The van der Waals surface area contributed by atoms with Crippen molar-refractivity contribution in [3.05, 3.63) is 54.1 Å². The molecule has 6 nitrogen and oxygen atoms in total. The minimum Gasteiger partial charge on any atom is -0.494 e. The summed E-state index contributed by atoms with van der Waals surface area (Å²) in [6, 6.07) is 14.6. The monoisotopic (exact) mass is 342 g/mol. The second kappa shape index (κ2) is 9.97. The number of carbonyl (C=O) groups excluding carboxylic acids is 1. The van der Waals surface area contributed by atoms with Crippen LogP contribution < -0.4 is 19.6 Å². The minimum absolute atomic E-state index is 0.148. The average molecular weight is 342 g/mol. The van der Waals surface area contributed by atoms with Crippen LogP contribution in [0.25, 0.3) is 0 Å². The number of hydrogen-bond acceptors (Lipinski definition) is 5. The molecule has 0 bridgehead atoms. The standard InChI is InChI=1S/C19H22N2O4/c1-3-23-16-11-9-15(10-12-16)13-20-21-19(22)14-25-18-8-6-5-7-17(18)24-4-2/h5-13H,3-4,14H2,1-2H3,(H,21,22)/b20-13-. The predicted molar refractivity (Wildman–Crippen MR) is 96.5 cm³/mol. The van der Waals surface area contributed by atoms with Gasteiger partial charge in [-0.05, 0) is 55.8 Å². The Morgan fingerprint density at radius 1 is 0.960 bits per heavy atom. The Bertz CT molecular complexity index is 699. The summed E-state index contributed by atoms with van der Waals surface area (Å²) in [6.07, 6.45) is 1.56. The number of rotatable bonds is 9. The fraction of sp³-hybridized carbons (Fsp3) is 0.263. The summed E-state index contributed by atoms with van der Waals surface area (Å²) in [7, 11) is 0. The highest BCUT2D eigenvalue weighted by Gasteiger charge is 2.06. The number of para-hydroxylation sites is 2. The van der Waals surface area contributed by atoms with Gasteiger partial charge in [-0.15, -0.1) is 0 Å². The number of nitrogens with zero attached hydrogens (tertiary/aromatic N) is 1. The molecule has 2 aromatic rings. The van der Waals surface area contributed by atoms with E-state index in [0.717, 1.165) is 11.3 Å². The maximum absolute atomic E-state index is 11.8. The minimum atomic E-state index is -0.353. The van der Waals surface area contributed by atoms with Crippen LogP contribution in [-0.2, 0) is 4.79 Å². The third-order valence-electron chi connectivity index (χ3n) is 3.10. The maximum Gasteiger partial charge on any atom is 0.277 e. The maximum atomic E-state index is 11.8. The van der Waals surface area contributed by atoms with Gasteiger partial charge in [0.2, 0.25) is 0 Å². The third kappa shape index (κ3) is 6.18. The lowest BCUT2D eigenvalue weighted by Gasteiger charge is -2.10. The molecule has 0 fully saturated rings. The van der Waals surface area contributed by atoms with Crippen molar-refractivity contribution in [3.63, 3.8) is 0 Å². The van der Waals surface area contributed by atoms with Gasteiger partial charge in [0, 0.05) is 0 Å². The average Bonchev–Trinajstić information content (AvgIpc) is 2.63. The topological polar surface area (TPSA) is 69.2 Å². The van der Waals surface area contributed by atoms with Crippen molar-refractivity contribution >= 4 is 12.1 Å². The van der Waals surface area contributed by atoms with Crippen LogP contribution in [0.2, 0.25) is 0 Å². The molecular weight excluding hydrogens is 320 g/mol. The molecule has 25 heavy (non-hydrogen) atoms. The zero-order chi connectivity index (χ0) is 17.9.